The van der Waals surface area contributed by atoms with Crippen LogP contribution in [0.3, 0.4) is 0 Å². The summed E-state index contributed by atoms with van der Waals surface area (Å²) in [6.07, 6.45) is 0.635. The standard InChI is InChI=1S/C18H17NO3S2/c20-17(16-13-23-18-9-5-4-8-15(16)18)12-19-24(21,22)11-10-14-6-2-1-3-7-14/h1-11,13,17,19-20H,12H2/b11-10+. The van der Waals surface area contributed by atoms with Gasteiger partial charge in [-0.1, -0.05) is 48.5 Å². The minimum atomic E-state index is -3.61. The lowest BCUT2D eigenvalue weighted by molar-refractivity contribution is 0.184. The lowest BCUT2D eigenvalue weighted by Gasteiger charge is -2.10. The van der Waals surface area contributed by atoms with E-state index in [1.54, 1.807) is 0 Å². The van der Waals surface area contributed by atoms with Crippen LogP contribution in [0.5, 0.6) is 0 Å². The summed E-state index contributed by atoms with van der Waals surface area (Å²) in [6, 6.07) is 16.9. The maximum absolute atomic E-state index is 12.0. The van der Waals surface area contributed by atoms with E-state index in [9.17, 15) is 13.5 Å². The Balaban J connectivity index is 1.67. The smallest absolute Gasteiger partial charge is 0.233 e. The SMILES string of the molecule is O=S(=O)(/C=C/c1ccccc1)NCC(O)c1csc2ccccc12. The predicted octanol–water partition coefficient (Wildman–Crippen LogP) is 3.53. The fraction of sp³-hybridized carbons (Fsp3) is 0.111. The molecule has 0 spiro atoms. The molecule has 1 heterocycles. The number of fused-ring (bicyclic) bond motifs is 1. The second kappa shape index (κ2) is 7.27. The average molecular weight is 359 g/mol. The van der Waals surface area contributed by atoms with Gasteiger partial charge in [-0.05, 0) is 28.5 Å². The van der Waals surface area contributed by atoms with Gasteiger partial charge in [-0.2, -0.15) is 0 Å². The summed E-state index contributed by atoms with van der Waals surface area (Å²) in [5.74, 6) is 0. The van der Waals surface area contributed by atoms with Crippen molar-refractivity contribution in [3.05, 3.63) is 76.5 Å². The molecular formula is C18H17NO3S2. The van der Waals surface area contributed by atoms with Crippen LogP contribution in [-0.4, -0.2) is 20.1 Å². The molecule has 0 aliphatic heterocycles. The Morgan fingerprint density at radius 3 is 2.58 bits per heavy atom. The molecule has 6 heteroatoms. The van der Waals surface area contributed by atoms with Gasteiger partial charge in [0.05, 0.1) is 6.10 Å². The van der Waals surface area contributed by atoms with Crippen LogP contribution in [0.2, 0.25) is 0 Å². The normalized spacial score (nSPS) is 13.5. The highest BCUT2D eigenvalue weighted by Gasteiger charge is 2.15. The summed E-state index contributed by atoms with van der Waals surface area (Å²) in [4.78, 5) is 0. The van der Waals surface area contributed by atoms with E-state index in [-0.39, 0.29) is 6.54 Å². The Morgan fingerprint density at radius 1 is 1.08 bits per heavy atom. The first-order chi connectivity index (χ1) is 11.6. The molecule has 0 saturated heterocycles. The number of aliphatic hydroxyl groups excluding tert-OH is 1. The van der Waals surface area contributed by atoms with Crippen molar-refractivity contribution < 1.29 is 13.5 Å². The highest BCUT2D eigenvalue weighted by molar-refractivity contribution is 7.92. The molecule has 0 amide bonds. The molecule has 124 valence electrons. The van der Waals surface area contributed by atoms with Crippen molar-refractivity contribution in [3.63, 3.8) is 0 Å². The number of rotatable bonds is 6. The van der Waals surface area contributed by atoms with Crippen LogP contribution < -0.4 is 4.72 Å². The van der Waals surface area contributed by atoms with Crippen molar-refractivity contribution >= 4 is 37.5 Å². The molecule has 24 heavy (non-hydrogen) atoms. The number of sulfonamides is 1. The lowest BCUT2D eigenvalue weighted by atomic mass is 10.1. The number of nitrogens with one attached hydrogen (secondary N) is 1. The van der Waals surface area contributed by atoms with Crippen LogP contribution in [0.15, 0.2) is 65.4 Å². The molecule has 0 fully saturated rings. The Bertz CT molecular complexity index is 947. The molecule has 1 atom stereocenters. The zero-order valence-corrected chi connectivity index (χ0v) is 14.4. The maximum atomic E-state index is 12.0. The van der Waals surface area contributed by atoms with Gasteiger partial charge in [-0.15, -0.1) is 11.3 Å². The fourth-order valence-corrected chi connectivity index (χ4v) is 4.17. The summed E-state index contributed by atoms with van der Waals surface area (Å²) >= 11 is 1.53. The van der Waals surface area contributed by atoms with Gasteiger partial charge in [-0.3, -0.25) is 0 Å². The van der Waals surface area contributed by atoms with E-state index in [2.05, 4.69) is 4.72 Å². The molecule has 2 N–H and O–H groups in total. The van der Waals surface area contributed by atoms with E-state index >= 15 is 0 Å². The van der Waals surface area contributed by atoms with E-state index in [4.69, 9.17) is 0 Å². The van der Waals surface area contributed by atoms with E-state index in [1.807, 2.05) is 60.0 Å². The molecule has 0 radical (unpaired) electrons. The molecule has 4 nitrogen and oxygen atoms in total. The van der Waals surface area contributed by atoms with Crippen LogP contribution in [0, 0.1) is 0 Å². The zero-order chi connectivity index (χ0) is 17.0. The Hall–Kier alpha value is -1.99. The van der Waals surface area contributed by atoms with Gasteiger partial charge in [0.1, 0.15) is 0 Å². The van der Waals surface area contributed by atoms with Crippen molar-refractivity contribution in [2.45, 2.75) is 6.10 Å². The summed E-state index contributed by atoms with van der Waals surface area (Å²) < 4.78 is 27.6. The third-order valence-corrected chi connectivity index (χ3v) is 5.63. The van der Waals surface area contributed by atoms with Gasteiger partial charge in [0.25, 0.3) is 0 Å². The maximum Gasteiger partial charge on any atom is 0.233 e. The Labute approximate surface area is 145 Å². The van der Waals surface area contributed by atoms with E-state index in [0.717, 1.165) is 26.6 Å². The topological polar surface area (TPSA) is 66.4 Å². The number of thiophene rings is 1. The van der Waals surface area contributed by atoms with Crippen LogP contribution in [0.25, 0.3) is 16.2 Å². The minimum absolute atomic E-state index is 0.0673. The van der Waals surface area contributed by atoms with Crippen molar-refractivity contribution in [1.82, 2.24) is 4.72 Å². The molecule has 3 aromatic rings. The fourth-order valence-electron chi connectivity index (χ4n) is 2.34. The highest BCUT2D eigenvalue weighted by atomic mass is 32.2. The van der Waals surface area contributed by atoms with Crippen molar-refractivity contribution in [2.24, 2.45) is 0 Å². The van der Waals surface area contributed by atoms with Gasteiger partial charge in [0, 0.05) is 22.2 Å². The predicted molar refractivity (Wildman–Crippen MR) is 99.2 cm³/mol. The number of hydrogen-bond donors (Lipinski definition) is 2. The number of aliphatic hydroxyl groups is 1. The average Bonchev–Trinajstić information content (AvgIpc) is 3.03. The molecule has 0 aliphatic rings. The second-order valence-electron chi connectivity index (χ2n) is 5.31. The zero-order valence-electron chi connectivity index (χ0n) is 12.8. The van der Waals surface area contributed by atoms with Crippen molar-refractivity contribution in [2.75, 3.05) is 6.54 Å². The summed E-state index contributed by atoms with van der Waals surface area (Å²) in [5.41, 5.74) is 1.54. The lowest BCUT2D eigenvalue weighted by Crippen LogP contribution is -2.26. The molecule has 0 saturated carbocycles. The van der Waals surface area contributed by atoms with Crippen LogP contribution >= 0.6 is 11.3 Å². The number of benzene rings is 2. The molecule has 3 rings (SSSR count). The molecule has 0 aliphatic carbocycles. The minimum Gasteiger partial charge on any atom is -0.387 e. The second-order valence-corrected chi connectivity index (χ2v) is 7.87. The van der Waals surface area contributed by atoms with Crippen LogP contribution in [-0.2, 0) is 10.0 Å². The van der Waals surface area contributed by atoms with Gasteiger partial charge in [-0.25, -0.2) is 13.1 Å². The van der Waals surface area contributed by atoms with E-state index < -0.39 is 16.1 Å². The van der Waals surface area contributed by atoms with Gasteiger partial charge >= 0.3 is 0 Å². The largest absolute Gasteiger partial charge is 0.387 e. The van der Waals surface area contributed by atoms with Crippen molar-refractivity contribution in [3.8, 4) is 0 Å². The molecular weight excluding hydrogens is 342 g/mol. The summed E-state index contributed by atoms with van der Waals surface area (Å²) in [5, 5.41) is 14.2. The first-order valence-corrected chi connectivity index (χ1v) is 9.85. The van der Waals surface area contributed by atoms with Crippen LogP contribution in [0.4, 0.5) is 0 Å². The third-order valence-electron chi connectivity index (χ3n) is 3.59. The third kappa shape index (κ3) is 4.10. The van der Waals surface area contributed by atoms with Gasteiger partial charge < -0.3 is 5.11 Å². The summed E-state index contributed by atoms with van der Waals surface area (Å²) in [6.45, 7) is -0.0673. The summed E-state index contributed by atoms with van der Waals surface area (Å²) in [7, 11) is -3.61. The molecule has 1 aromatic heterocycles. The Kier molecular flexibility index (Phi) is 5.11. The first-order valence-electron chi connectivity index (χ1n) is 7.42. The van der Waals surface area contributed by atoms with E-state index in [0.29, 0.717) is 0 Å². The Morgan fingerprint density at radius 2 is 1.79 bits per heavy atom. The van der Waals surface area contributed by atoms with Crippen LogP contribution in [0.1, 0.15) is 17.2 Å². The first kappa shape index (κ1) is 16.9. The molecule has 0 bridgehead atoms. The quantitative estimate of drug-likeness (QED) is 0.708. The van der Waals surface area contributed by atoms with E-state index in [1.165, 1.54) is 17.4 Å². The molecule has 1 unspecified atom stereocenters. The monoisotopic (exact) mass is 359 g/mol. The van der Waals surface area contributed by atoms with Gasteiger partial charge in [0.2, 0.25) is 10.0 Å². The van der Waals surface area contributed by atoms with Gasteiger partial charge in [0.15, 0.2) is 0 Å². The number of hydrogen-bond acceptors (Lipinski definition) is 4. The molecule has 2 aromatic carbocycles. The highest BCUT2D eigenvalue weighted by Crippen LogP contribution is 2.29. The van der Waals surface area contributed by atoms with Crippen molar-refractivity contribution in [1.29, 1.82) is 0 Å².